The molecule has 0 bridgehead atoms. The average molecular weight is 642 g/mol. The predicted octanol–water partition coefficient (Wildman–Crippen LogP) is 8.64. The average Bonchev–Trinajstić information content (AvgIpc) is 3.66. The van der Waals surface area contributed by atoms with Crippen LogP contribution in [0.25, 0.3) is 22.5 Å². The normalized spacial score (nSPS) is 11.2. The van der Waals surface area contributed by atoms with Crippen LogP contribution in [0.5, 0.6) is 0 Å². The molecule has 0 radical (unpaired) electrons. The molecule has 1 aromatic heterocycles. The molecule has 1 N–H and O–H groups in total. The molecule has 0 saturated heterocycles. The molecule has 49 heavy (non-hydrogen) atoms. The highest BCUT2D eigenvalue weighted by molar-refractivity contribution is 5.90. The SMILES string of the molecule is CCOC(=O)c1cccc(NCc2ccc(-c3ccccc3-c3nnn(C(c4ccccc4)(c4ccccc4)c4ccccc4)n3)cc2)c1. The molecular weight excluding hydrogens is 606 g/mol. The van der Waals surface area contributed by atoms with E-state index in [0.717, 1.165) is 44.6 Å². The molecule has 1 heterocycles. The molecule has 0 aliphatic rings. The lowest BCUT2D eigenvalue weighted by atomic mass is 9.77. The molecule has 240 valence electrons. The van der Waals surface area contributed by atoms with Gasteiger partial charge in [0.05, 0.1) is 12.2 Å². The number of aromatic nitrogens is 4. The van der Waals surface area contributed by atoms with Crippen LogP contribution in [0.2, 0.25) is 0 Å². The number of carbonyl (C=O) groups is 1. The van der Waals surface area contributed by atoms with Crippen molar-refractivity contribution in [2.24, 2.45) is 0 Å². The van der Waals surface area contributed by atoms with Gasteiger partial charge in [0.15, 0.2) is 5.54 Å². The summed E-state index contributed by atoms with van der Waals surface area (Å²) in [7, 11) is 0. The van der Waals surface area contributed by atoms with Crippen molar-refractivity contribution in [1.82, 2.24) is 20.2 Å². The Morgan fingerprint density at radius 1 is 0.673 bits per heavy atom. The standard InChI is InChI=1S/C42H35N5O2/c1-2-49-41(48)33-15-14-22-37(29-33)43-30-31-25-27-32(28-26-31)38-23-12-13-24-39(38)40-44-46-47(45-40)42(34-16-6-3-7-17-34,35-18-8-4-9-19-35)36-20-10-5-11-21-36/h3-29,43H,2,30H2,1H3. The first-order valence-corrected chi connectivity index (χ1v) is 16.3. The summed E-state index contributed by atoms with van der Waals surface area (Å²) in [5.41, 5.74) is 7.65. The van der Waals surface area contributed by atoms with Crippen molar-refractivity contribution in [2.75, 3.05) is 11.9 Å². The summed E-state index contributed by atoms with van der Waals surface area (Å²) in [5.74, 6) is 0.213. The molecule has 7 heteroatoms. The summed E-state index contributed by atoms with van der Waals surface area (Å²) in [5, 5.41) is 18.0. The maximum atomic E-state index is 12.2. The number of hydrogen-bond donors (Lipinski definition) is 1. The van der Waals surface area contributed by atoms with Crippen LogP contribution in [-0.2, 0) is 16.8 Å². The first-order valence-electron chi connectivity index (χ1n) is 16.3. The minimum atomic E-state index is -0.853. The summed E-state index contributed by atoms with van der Waals surface area (Å²) in [4.78, 5) is 13.9. The highest BCUT2D eigenvalue weighted by Crippen LogP contribution is 2.40. The Morgan fingerprint density at radius 3 is 1.84 bits per heavy atom. The highest BCUT2D eigenvalue weighted by Gasteiger charge is 2.41. The van der Waals surface area contributed by atoms with Gasteiger partial charge in [-0.25, -0.2) is 4.79 Å². The molecule has 7 rings (SSSR count). The van der Waals surface area contributed by atoms with E-state index < -0.39 is 5.54 Å². The fraction of sp³-hybridized carbons (Fsp3) is 0.0952. The van der Waals surface area contributed by atoms with Crippen LogP contribution in [0, 0.1) is 0 Å². The van der Waals surface area contributed by atoms with E-state index in [9.17, 15) is 4.79 Å². The van der Waals surface area contributed by atoms with E-state index in [4.69, 9.17) is 15.0 Å². The van der Waals surface area contributed by atoms with Crippen LogP contribution in [-0.4, -0.2) is 32.8 Å². The first-order chi connectivity index (χ1) is 24.2. The van der Waals surface area contributed by atoms with Crippen molar-refractivity contribution in [3.63, 3.8) is 0 Å². The van der Waals surface area contributed by atoms with Gasteiger partial charge in [-0.05, 0) is 63.7 Å². The topological polar surface area (TPSA) is 81.9 Å². The van der Waals surface area contributed by atoms with Crippen molar-refractivity contribution in [2.45, 2.75) is 19.0 Å². The number of esters is 1. The van der Waals surface area contributed by atoms with Gasteiger partial charge < -0.3 is 10.1 Å². The quantitative estimate of drug-likeness (QED) is 0.113. The zero-order valence-electron chi connectivity index (χ0n) is 27.1. The zero-order chi connectivity index (χ0) is 33.5. The van der Waals surface area contributed by atoms with Gasteiger partial charge in [-0.3, -0.25) is 0 Å². The Kier molecular flexibility index (Phi) is 9.06. The Bertz CT molecular complexity index is 2050. The van der Waals surface area contributed by atoms with E-state index in [1.807, 2.05) is 91.0 Å². The summed E-state index contributed by atoms with van der Waals surface area (Å²) in [6.07, 6.45) is 0. The van der Waals surface area contributed by atoms with Crippen LogP contribution in [0.1, 0.15) is 39.5 Å². The lowest BCUT2D eigenvalue weighted by molar-refractivity contribution is 0.0526. The second kappa shape index (κ2) is 14.2. The lowest BCUT2D eigenvalue weighted by Crippen LogP contribution is -2.39. The molecule has 0 aliphatic carbocycles. The van der Waals surface area contributed by atoms with E-state index >= 15 is 0 Å². The van der Waals surface area contributed by atoms with E-state index in [-0.39, 0.29) is 5.97 Å². The monoisotopic (exact) mass is 641 g/mol. The third kappa shape index (κ3) is 6.34. The van der Waals surface area contributed by atoms with Gasteiger partial charge >= 0.3 is 5.97 Å². The number of tetrazole rings is 1. The van der Waals surface area contributed by atoms with Gasteiger partial charge in [-0.15, -0.1) is 15.0 Å². The largest absolute Gasteiger partial charge is 0.462 e. The molecule has 0 saturated carbocycles. The van der Waals surface area contributed by atoms with Crippen LogP contribution in [0.3, 0.4) is 0 Å². The number of nitrogens with one attached hydrogen (secondary N) is 1. The third-order valence-electron chi connectivity index (χ3n) is 8.59. The minimum Gasteiger partial charge on any atom is -0.462 e. The van der Waals surface area contributed by atoms with E-state index in [1.165, 1.54) is 0 Å². The van der Waals surface area contributed by atoms with Gasteiger partial charge in [0.1, 0.15) is 0 Å². The number of rotatable bonds is 11. The maximum Gasteiger partial charge on any atom is 0.338 e. The third-order valence-corrected chi connectivity index (χ3v) is 8.59. The van der Waals surface area contributed by atoms with E-state index in [0.29, 0.717) is 24.5 Å². The number of hydrogen-bond acceptors (Lipinski definition) is 6. The molecule has 0 unspecified atom stereocenters. The molecule has 6 aromatic carbocycles. The number of benzene rings is 6. The van der Waals surface area contributed by atoms with Crippen molar-refractivity contribution in [3.05, 3.63) is 192 Å². The minimum absolute atomic E-state index is 0.324. The van der Waals surface area contributed by atoms with Gasteiger partial charge in [-0.1, -0.05) is 146 Å². The number of ether oxygens (including phenoxy) is 1. The molecule has 0 amide bonds. The van der Waals surface area contributed by atoms with Crippen LogP contribution < -0.4 is 5.32 Å². The number of anilines is 1. The van der Waals surface area contributed by atoms with Crippen molar-refractivity contribution in [1.29, 1.82) is 0 Å². The van der Waals surface area contributed by atoms with E-state index in [1.54, 1.807) is 17.8 Å². The lowest BCUT2D eigenvalue weighted by Gasteiger charge is -2.34. The molecular formula is C42H35N5O2. The Labute approximate surface area is 285 Å². The number of carbonyl (C=O) groups excluding carboxylic acids is 1. The molecule has 0 atom stereocenters. The van der Waals surface area contributed by atoms with Crippen molar-refractivity contribution >= 4 is 11.7 Å². The molecule has 0 fully saturated rings. The molecule has 0 aliphatic heterocycles. The van der Waals surface area contributed by atoms with Gasteiger partial charge in [0, 0.05) is 17.8 Å². The van der Waals surface area contributed by atoms with Crippen LogP contribution >= 0.6 is 0 Å². The summed E-state index contributed by atoms with van der Waals surface area (Å²) >= 11 is 0. The second-order valence-electron chi connectivity index (χ2n) is 11.6. The van der Waals surface area contributed by atoms with Crippen molar-refractivity contribution in [3.8, 4) is 22.5 Å². The zero-order valence-corrected chi connectivity index (χ0v) is 27.1. The number of nitrogens with zero attached hydrogens (tertiary/aromatic N) is 4. The summed E-state index contributed by atoms with van der Waals surface area (Å²) in [6.45, 7) is 2.75. The van der Waals surface area contributed by atoms with Gasteiger partial charge in [0.2, 0.25) is 5.82 Å². The Balaban J connectivity index is 1.21. The predicted molar refractivity (Wildman–Crippen MR) is 193 cm³/mol. The highest BCUT2D eigenvalue weighted by atomic mass is 16.5. The Morgan fingerprint density at radius 2 is 1.24 bits per heavy atom. The second-order valence-corrected chi connectivity index (χ2v) is 11.6. The molecule has 0 spiro atoms. The Hall–Kier alpha value is -6.34. The summed E-state index contributed by atoms with van der Waals surface area (Å²) in [6, 6.07) is 54.9. The molecule has 7 aromatic rings. The van der Waals surface area contributed by atoms with Gasteiger partial charge in [-0.2, -0.15) is 0 Å². The maximum absolute atomic E-state index is 12.2. The van der Waals surface area contributed by atoms with Gasteiger partial charge in [0.25, 0.3) is 0 Å². The smallest absolute Gasteiger partial charge is 0.338 e. The van der Waals surface area contributed by atoms with E-state index in [2.05, 4.69) is 77.1 Å². The van der Waals surface area contributed by atoms with Crippen LogP contribution in [0.4, 0.5) is 5.69 Å². The fourth-order valence-corrected chi connectivity index (χ4v) is 6.26. The van der Waals surface area contributed by atoms with Crippen LogP contribution in [0.15, 0.2) is 164 Å². The first kappa shape index (κ1) is 31.3. The molecule has 7 nitrogen and oxygen atoms in total. The fourth-order valence-electron chi connectivity index (χ4n) is 6.26. The summed E-state index contributed by atoms with van der Waals surface area (Å²) < 4.78 is 5.14. The van der Waals surface area contributed by atoms with Crippen molar-refractivity contribution < 1.29 is 9.53 Å².